The molecular formula is C7H17AlO. The van der Waals surface area contributed by atoms with Crippen LogP contribution < -0.4 is 0 Å². The lowest BCUT2D eigenvalue weighted by Crippen LogP contribution is -1.76. The Morgan fingerprint density at radius 3 is 2.33 bits per heavy atom. The maximum atomic E-state index is 9.77. The molecule has 2 heteroatoms. The Bertz CT molecular complexity index is 54.9. The average Bonchev–Trinajstić information content (AvgIpc) is 1.81. The molecule has 0 amide bonds. The van der Waals surface area contributed by atoms with E-state index in [0.717, 1.165) is 19.1 Å². The molecule has 0 saturated heterocycles. The van der Waals surface area contributed by atoms with Gasteiger partial charge in [-0.3, -0.25) is 0 Å². The molecule has 0 aliphatic heterocycles. The topological polar surface area (TPSA) is 17.1 Å². The van der Waals surface area contributed by atoms with Crippen molar-refractivity contribution >= 4 is 23.6 Å². The second-order valence-corrected chi connectivity index (χ2v) is 2.02. The number of unbranched alkanes of at least 4 members (excludes halogenated alkanes) is 4. The maximum absolute atomic E-state index is 9.77. The summed E-state index contributed by atoms with van der Waals surface area (Å²) in [5.41, 5.74) is 0. The Labute approximate surface area is 68.0 Å². The number of rotatable bonds is 5. The predicted molar refractivity (Wildman–Crippen MR) is 44.8 cm³/mol. The highest BCUT2D eigenvalue weighted by molar-refractivity contribution is 5.75. The van der Waals surface area contributed by atoms with E-state index in [4.69, 9.17) is 0 Å². The highest BCUT2D eigenvalue weighted by atomic mass is 27.0. The molecular weight excluding hydrogens is 127 g/mol. The Kier molecular flexibility index (Phi) is 14.7. The summed E-state index contributed by atoms with van der Waals surface area (Å²) in [4.78, 5) is 9.77. The molecule has 0 aromatic rings. The zero-order valence-electron chi connectivity index (χ0n) is 5.52. The van der Waals surface area contributed by atoms with E-state index in [0.29, 0.717) is 0 Å². The predicted octanol–water partition coefficient (Wildman–Crippen LogP) is 0.972. The molecule has 0 aromatic carbocycles. The van der Waals surface area contributed by atoms with Crippen molar-refractivity contribution in [3.8, 4) is 0 Å². The highest BCUT2D eigenvalue weighted by Gasteiger charge is 1.83. The number of aldehydes is 1. The lowest BCUT2D eigenvalue weighted by atomic mass is 10.2. The molecule has 0 saturated carbocycles. The third-order valence-electron chi connectivity index (χ3n) is 1.18. The van der Waals surface area contributed by atoms with E-state index < -0.39 is 0 Å². The van der Waals surface area contributed by atoms with E-state index in [1.54, 1.807) is 0 Å². The van der Waals surface area contributed by atoms with Crippen LogP contribution in [0.1, 0.15) is 39.0 Å². The molecule has 0 rings (SSSR count). The first-order valence-corrected chi connectivity index (χ1v) is 3.35. The van der Waals surface area contributed by atoms with E-state index in [-0.39, 0.29) is 17.4 Å². The van der Waals surface area contributed by atoms with Gasteiger partial charge in [0.2, 0.25) is 0 Å². The van der Waals surface area contributed by atoms with Crippen LogP contribution in [-0.2, 0) is 4.79 Å². The van der Waals surface area contributed by atoms with E-state index in [9.17, 15) is 4.79 Å². The fourth-order valence-corrected chi connectivity index (χ4v) is 0.654. The maximum Gasteiger partial charge on any atom is 0.187 e. The molecule has 1 nitrogen and oxygen atoms in total. The van der Waals surface area contributed by atoms with Gasteiger partial charge in [0.25, 0.3) is 0 Å². The number of hydrogen-bond donors (Lipinski definition) is 0. The fraction of sp³-hybridized carbons (Fsp3) is 0.857. The Hall–Kier alpha value is 0.202. The number of carbonyl (C=O) groups excluding carboxylic acids is 1. The molecule has 0 bridgehead atoms. The molecule has 0 spiro atoms. The van der Waals surface area contributed by atoms with E-state index >= 15 is 0 Å². The van der Waals surface area contributed by atoms with Crippen molar-refractivity contribution in [1.29, 1.82) is 0 Å². The minimum absolute atomic E-state index is 0. The Balaban J connectivity index is 0. The van der Waals surface area contributed by atoms with Gasteiger partial charge >= 0.3 is 0 Å². The standard InChI is InChI=1S/C7H14O.Al.3H/c1-2-3-4-5-6-7-8;;;;/h7H,2-6H2,1H3;;;;. The molecule has 54 valence electrons. The zero-order valence-corrected chi connectivity index (χ0v) is 5.52. The second kappa shape index (κ2) is 11.1. The van der Waals surface area contributed by atoms with Crippen LogP contribution in [0.4, 0.5) is 0 Å². The quantitative estimate of drug-likeness (QED) is 0.319. The van der Waals surface area contributed by atoms with E-state index in [1.165, 1.54) is 19.3 Å². The smallest absolute Gasteiger partial charge is 0.187 e. The van der Waals surface area contributed by atoms with Crippen LogP contribution in [-0.4, -0.2) is 23.6 Å². The van der Waals surface area contributed by atoms with Crippen molar-refractivity contribution < 1.29 is 4.79 Å². The lowest BCUT2D eigenvalue weighted by molar-refractivity contribution is -0.107. The summed E-state index contributed by atoms with van der Waals surface area (Å²) < 4.78 is 0. The number of hydrogen-bond acceptors (Lipinski definition) is 1. The summed E-state index contributed by atoms with van der Waals surface area (Å²) in [5.74, 6) is 0. The molecule has 0 unspecified atom stereocenters. The van der Waals surface area contributed by atoms with Crippen molar-refractivity contribution in [3.63, 3.8) is 0 Å². The van der Waals surface area contributed by atoms with Gasteiger partial charge in [0, 0.05) is 6.42 Å². The third-order valence-corrected chi connectivity index (χ3v) is 1.18. The first kappa shape index (κ1) is 11.9. The second-order valence-electron chi connectivity index (χ2n) is 2.02. The first-order chi connectivity index (χ1) is 3.91. The van der Waals surface area contributed by atoms with Gasteiger partial charge in [-0.05, 0) is 6.42 Å². The van der Waals surface area contributed by atoms with Crippen molar-refractivity contribution in [2.24, 2.45) is 0 Å². The van der Waals surface area contributed by atoms with Gasteiger partial charge in [-0.1, -0.05) is 26.2 Å². The molecule has 0 aliphatic rings. The monoisotopic (exact) mass is 144 g/mol. The third kappa shape index (κ3) is 11.7. The van der Waals surface area contributed by atoms with Gasteiger partial charge in [0.15, 0.2) is 17.4 Å². The summed E-state index contributed by atoms with van der Waals surface area (Å²) in [5, 5.41) is 0. The number of carbonyl (C=O) groups is 1. The van der Waals surface area contributed by atoms with Crippen molar-refractivity contribution in [2.45, 2.75) is 39.0 Å². The summed E-state index contributed by atoms with van der Waals surface area (Å²) in [7, 11) is 0. The van der Waals surface area contributed by atoms with Gasteiger partial charge < -0.3 is 4.79 Å². The van der Waals surface area contributed by atoms with Gasteiger partial charge in [-0.15, -0.1) is 0 Å². The lowest BCUT2D eigenvalue weighted by Gasteiger charge is -1.90. The van der Waals surface area contributed by atoms with Crippen LogP contribution in [0.2, 0.25) is 0 Å². The normalized spacial score (nSPS) is 8.11. The van der Waals surface area contributed by atoms with Crippen LogP contribution in [0, 0.1) is 0 Å². The highest BCUT2D eigenvalue weighted by Crippen LogP contribution is 1.99. The van der Waals surface area contributed by atoms with Crippen LogP contribution in [0.5, 0.6) is 0 Å². The van der Waals surface area contributed by atoms with Gasteiger partial charge in [-0.2, -0.15) is 0 Å². The van der Waals surface area contributed by atoms with Crippen molar-refractivity contribution in [1.82, 2.24) is 0 Å². The van der Waals surface area contributed by atoms with E-state index in [1.807, 2.05) is 0 Å². The van der Waals surface area contributed by atoms with Crippen LogP contribution >= 0.6 is 0 Å². The average molecular weight is 144 g/mol. The largest absolute Gasteiger partial charge is 0.303 e. The molecule has 9 heavy (non-hydrogen) atoms. The minimum Gasteiger partial charge on any atom is -0.303 e. The minimum atomic E-state index is 0. The van der Waals surface area contributed by atoms with Crippen LogP contribution in [0.3, 0.4) is 0 Å². The molecule has 0 aromatic heterocycles. The van der Waals surface area contributed by atoms with Gasteiger partial charge in [0.1, 0.15) is 6.29 Å². The molecule has 0 heterocycles. The zero-order chi connectivity index (χ0) is 6.24. The molecule has 0 fully saturated rings. The molecule has 0 radical (unpaired) electrons. The summed E-state index contributed by atoms with van der Waals surface area (Å²) in [6.07, 6.45) is 6.56. The Morgan fingerprint density at radius 1 is 1.22 bits per heavy atom. The van der Waals surface area contributed by atoms with Gasteiger partial charge in [0.05, 0.1) is 0 Å². The summed E-state index contributed by atoms with van der Waals surface area (Å²) >= 11 is 0. The van der Waals surface area contributed by atoms with Crippen LogP contribution in [0.15, 0.2) is 0 Å². The van der Waals surface area contributed by atoms with Crippen molar-refractivity contribution in [3.05, 3.63) is 0 Å². The van der Waals surface area contributed by atoms with E-state index in [2.05, 4.69) is 6.92 Å². The SMILES string of the molecule is CCCCCCC=O.[AlH3]. The Morgan fingerprint density at radius 2 is 1.89 bits per heavy atom. The van der Waals surface area contributed by atoms with Crippen molar-refractivity contribution in [2.75, 3.05) is 0 Å². The molecule has 0 atom stereocenters. The summed E-state index contributed by atoms with van der Waals surface area (Å²) in [6, 6.07) is 0. The fourth-order valence-electron chi connectivity index (χ4n) is 0.654. The summed E-state index contributed by atoms with van der Waals surface area (Å²) in [6.45, 7) is 2.17. The van der Waals surface area contributed by atoms with Gasteiger partial charge in [-0.25, -0.2) is 0 Å². The van der Waals surface area contributed by atoms with Crippen LogP contribution in [0.25, 0.3) is 0 Å². The molecule has 0 N–H and O–H groups in total. The molecule has 0 aliphatic carbocycles. The first-order valence-electron chi connectivity index (χ1n) is 3.35.